The number of benzene rings is 2. The summed E-state index contributed by atoms with van der Waals surface area (Å²) in [6.45, 7) is 10.2. The minimum atomic E-state index is -0.550. The second kappa shape index (κ2) is 13.5. The lowest BCUT2D eigenvalue weighted by Gasteiger charge is -2.21. The number of esters is 1. The summed E-state index contributed by atoms with van der Waals surface area (Å²) >= 11 is 0. The smallest absolute Gasteiger partial charge is 0.359 e. The third-order valence-electron chi connectivity index (χ3n) is 5.13. The highest BCUT2D eigenvalue weighted by Crippen LogP contribution is 2.23. The lowest BCUT2D eigenvalue weighted by molar-refractivity contribution is -0.132. The second-order valence-electron chi connectivity index (χ2n) is 7.39. The van der Waals surface area contributed by atoms with Crippen LogP contribution >= 0.6 is 0 Å². The Hall–Kier alpha value is -4.00. The van der Waals surface area contributed by atoms with Crippen LogP contribution in [-0.4, -0.2) is 46.0 Å². The topological polar surface area (TPSA) is 69.2 Å². The molecule has 0 heterocycles. The van der Waals surface area contributed by atoms with E-state index in [9.17, 15) is 4.79 Å². The first kappa shape index (κ1) is 26.3. The molecule has 7 heteroatoms. The van der Waals surface area contributed by atoms with Gasteiger partial charge in [-0.25, -0.2) is 4.79 Å². The molecule has 2 aromatic rings. The van der Waals surface area contributed by atoms with E-state index in [2.05, 4.69) is 65.3 Å². The molecule has 7 nitrogen and oxygen atoms in total. The van der Waals surface area contributed by atoms with Crippen LogP contribution in [0.3, 0.4) is 0 Å². The van der Waals surface area contributed by atoms with Crippen molar-refractivity contribution in [1.29, 1.82) is 0 Å². The molecule has 2 aromatic carbocycles. The molecule has 180 valence electrons. The molecule has 0 saturated carbocycles. The predicted molar refractivity (Wildman–Crippen MR) is 144 cm³/mol. The number of hydrogen-bond acceptors (Lipinski definition) is 7. The summed E-state index contributed by atoms with van der Waals surface area (Å²) in [5.41, 5.74) is 4.57. The Balaban J connectivity index is 2.12. The van der Waals surface area contributed by atoms with Gasteiger partial charge in [-0.15, -0.1) is 0 Å². The van der Waals surface area contributed by atoms with E-state index in [0.29, 0.717) is 5.57 Å². The number of carbonyl (C=O) groups excluding carboxylic acids is 1. The first-order valence-electron chi connectivity index (χ1n) is 11.3. The van der Waals surface area contributed by atoms with Gasteiger partial charge in [0, 0.05) is 49.8 Å². The zero-order valence-electron chi connectivity index (χ0n) is 20.7. The van der Waals surface area contributed by atoms with Gasteiger partial charge in [0.1, 0.15) is 0 Å². The van der Waals surface area contributed by atoms with Crippen molar-refractivity contribution >= 4 is 34.4 Å². The van der Waals surface area contributed by atoms with Gasteiger partial charge in [-0.3, -0.25) is 5.01 Å². The van der Waals surface area contributed by atoms with Crippen LogP contribution in [0.25, 0.3) is 0 Å². The molecule has 0 aliphatic heterocycles. The molecular formula is C27H35N5O2. The number of allylic oxidation sites excluding steroid dienone is 3. The highest BCUT2D eigenvalue weighted by molar-refractivity contribution is 6.44. The van der Waals surface area contributed by atoms with Gasteiger partial charge in [-0.05, 0) is 74.7 Å². The van der Waals surface area contributed by atoms with Crippen molar-refractivity contribution in [3.63, 3.8) is 0 Å². The van der Waals surface area contributed by atoms with Crippen molar-refractivity contribution in [2.75, 3.05) is 49.5 Å². The monoisotopic (exact) mass is 461 g/mol. The largest absolute Gasteiger partial charge is 0.464 e. The Morgan fingerprint density at radius 3 is 2.06 bits per heavy atom. The molecule has 0 aliphatic rings. The summed E-state index contributed by atoms with van der Waals surface area (Å²) in [7, 11) is 4.90. The van der Waals surface area contributed by atoms with Crippen molar-refractivity contribution in [3.8, 4) is 0 Å². The third-order valence-corrected chi connectivity index (χ3v) is 5.13. The summed E-state index contributed by atoms with van der Waals surface area (Å²) in [6, 6.07) is 16.2. The number of hydrazone groups is 1. The highest BCUT2D eigenvalue weighted by Gasteiger charge is 2.16. The molecule has 0 aliphatic carbocycles. The second-order valence-corrected chi connectivity index (χ2v) is 7.39. The van der Waals surface area contributed by atoms with Crippen LogP contribution in [0, 0.1) is 0 Å². The van der Waals surface area contributed by atoms with E-state index in [0.717, 1.165) is 30.2 Å². The van der Waals surface area contributed by atoms with Gasteiger partial charge in [0.05, 0.1) is 12.8 Å². The molecule has 0 fully saturated rings. The fraction of sp³-hybridized carbons (Fsp3) is 0.259. The number of nitrogens with zero attached hydrogens (tertiary/aromatic N) is 3. The van der Waals surface area contributed by atoms with E-state index in [1.165, 1.54) is 12.8 Å². The Kier molecular flexibility index (Phi) is 10.4. The van der Waals surface area contributed by atoms with Crippen LogP contribution in [0.5, 0.6) is 0 Å². The molecule has 0 radical (unpaired) electrons. The van der Waals surface area contributed by atoms with Crippen molar-refractivity contribution in [3.05, 3.63) is 85.1 Å². The van der Waals surface area contributed by atoms with Crippen LogP contribution in [0.1, 0.15) is 13.8 Å². The minimum absolute atomic E-state index is 0.134. The SMILES string of the molecule is C=C(/C=C\C=C/NC)/C(=N/N(C)c1ccc(Nc2ccc(N(CC)CC)cc2)cc1)C(=O)OC. The zero-order valence-corrected chi connectivity index (χ0v) is 20.7. The van der Waals surface area contributed by atoms with Gasteiger partial charge < -0.3 is 20.3 Å². The van der Waals surface area contributed by atoms with E-state index in [-0.39, 0.29) is 5.71 Å². The molecule has 0 spiro atoms. The van der Waals surface area contributed by atoms with Gasteiger partial charge in [-0.2, -0.15) is 5.10 Å². The highest BCUT2D eigenvalue weighted by atomic mass is 16.5. The lowest BCUT2D eigenvalue weighted by Crippen LogP contribution is -2.22. The number of ether oxygens (including phenoxy) is 1. The van der Waals surface area contributed by atoms with Gasteiger partial charge >= 0.3 is 5.97 Å². The van der Waals surface area contributed by atoms with Crippen molar-refractivity contribution < 1.29 is 9.53 Å². The Morgan fingerprint density at radius 1 is 1.00 bits per heavy atom. The first-order chi connectivity index (χ1) is 16.4. The van der Waals surface area contributed by atoms with Gasteiger partial charge in [0.25, 0.3) is 0 Å². The summed E-state index contributed by atoms with van der Waals surface area (Å²) in [5, 5.41) is 12.4. The number of hydrogen-bond donors (Lipinski definition) is 2. The van der Waals surface area contributed by atoms with Gasteiger partial charge in [-0.1, -0.05) is 18.7 Å². The molecule has 2 rings (SSSR count). The Bertz CT molecular complexity index is 1020. The maximum absolute atomic E-state index is 12.3. The predicted octanol–water partition coefficient (Wildman–Crippen LogP) is 5.09. The maximum Gasteiger partial charge on any atom is 0.359 e. The molecular weight excluding hydrogens is 426 g/mol. The van der Waals surface area contributed by atoms with E-state index >= 15 is 0 Å². The van der Waals surface area contributed by atoms with Crippen LogP contribution < -0.4 is 20.5 Å². The van der Waals surface area contributed by atoms with Crippen LogP contribution in [0.4, 0.5) is 22.7 Å². The summed E-state index contributed by atoms with van der Waals surface area (Å²) in [4.78, 5) is 14.6. The lowest BCUT2D eigenvalue weighted by atomic mass is 10.1. The summed E-state index contributed by atoms with van der Waals surface area (Å²) in [5.74, 6) is -0.550. The van der Waals surface area contributed by atoms with Crippen LogP contribution in [0.15, 0.2) is 90.2 Å². The van der Waals surface area contributed by atoms with Crippen molar-refractivity contribution in [1.82, 2.24) is 5.32 Å². The average molecular weight is 462 g/mol. The van der Waals surface area contributed by atoms with E-state index < -0.39 is 5.97 Å². The fourth-order valence-corrected chi connectivity index (χ4v) is 3.21. The normalized spacial score (nSPS) is 11.5. The average Bonchev–Trinajstić information content (AvgIpc) is 2.86. The number of methoxy groups -OCH3 is 1. The standard InChI is InChI=1S/C27H35N5O2/c1-7-32(8-2)25-18-14-23(15-19-25)29-22-12-16-24(17-13-22)31(5)30-26(27(33)34-6)21(3)11-9-10-20-28-4/h9-20,28-29H,3,7-8H2,1-2,4-6H3/b11-9-,20-10-,30-26-. The summed E-state index contributed by atoms with van der Waals surface area (Å²) < 4.78 is 4.89. The number of rotatable bonds is 12. The van der Waals surface area contributed by atoms with Crippen LogP contribution in [-0.2, 0) is 9.53 Å². The van der Waals surface area contributed by atoms with Crippen molar-refractivity contribution in [2.24, 2.45) is 5.10 Å². The third kappa shape index (κ3) is 7.55. The summed E-state index contributed by atoms with van der Waals surface area (Å²) in [6.07, 6.45) is 7.04. The molecule has 0 amide bonds. The molecule has 0 bridgehead atoms. The quantitative estimate of drug-likeness (QED) is 0.199. The molecule has 0 atom stereocenters. The van der Waals surface area contributed by atoms with Crippen molar-refractivity contribution in [2.45, 2.75) is 13.8 Å². The van der Waals surface area contributed by atoms with Crippen LogP contribution in [0.2, 0.25) is 0 Å². The molecule has 0 saturated heterocycles. The molecule has 2 N–H and O–H groups in total. The zero-order chi connectivity index (χ0) is 24.9. The number of carbonyl (C=O) groups is 1. The van der Waals surface area contributed by atoms with E-state index in [1.54, 1.807) is 43.5 Å². The molecule has 0 aromatic heterocycles. The maximum atomic E-state index is 12.3. The van der Waals surface area contributed by atoms with E-state index in [1.807, 2.05) is 24.3 Å². The Labute approximate surface area is 203 Å². The number of nitrogens with one attached hydrogen (secondary N) is 2. The van der Waals surface area contributed by atoms with Gasteiger partial charge in [0.15, 0.2) is 5.71 Å². The fourth-order valence-electron chi connectivity index (χ4n) is 3.21. The van der Waals surface area contributed by atoms with Gasteiger partial charge in [0.2, 0.25) is 0 Å². The van der Waals surface area contributed by atoms with E-state index in [4.69, 9.17) is 4.74 Å². The molecule has 0 unspecified atom stereocenters. The Morgan fingerprint density at radius 2 is 1.56 bits per heavy atom. The number of anilines is 4. The molecule has 34 heavy (non-hydrogen) atoms. The minimum Gasteiger partial charge on any atom is -0.464 e. The first-order valence-corrected chi connectivity index (χ1v) is 11.3.